The number of ether oxygens (including phenoxy) is 3. The van der Waals surface area contributed by atoms with E-state index in [1.54, 1.807) is 14.2 Å². The first-order valence-electron chi connectivity index (χ1n) is 13.2. The second kappa shape index (κ2) is 11.6. The van der Waals surface area contributed by atoms with Gasteiger partial charge in [0, 0.05) is 35.4 Å². The number of esters is 1. The van der Waals surface area contributed by atoms with E-state index in [0.29, 0.717) is 41.9 Å². The summed E-state index contributed by atoms with van der Waals surface area (Å²) in [6.07, 6.45) is 1.63. The average Bonchev–Trinajstić information content (AvgIpc) is 2.96. The molecule has 3 aromatic rings. The van der Waals surface area contributed by atoms with Crippen LogP contribution in [0.5, 0.6) is 11.5 Å². The van der Waals surface area contributed by atoms with Crippen molar-refractivity contribution in [2.24, 2.45) is 0 Å². The van der Waals surface area contributed by atoms with Crippen molar-refractivity contribution in [1.82, 2.24) is 5.32 Å². The predicted octanol–water partition coefficient (Wildman–Crippen LogP) is 5.85. The SMILES string of the molecule is COc1ccc([C@@H]2CC(=O)C3=C(C2)NC(C)=C(C(=O)OCCc2ccccc2)[C@@H]3c2ccccc2OC)cc1. The van der Waals surface area contributed by atoms with Crippen LogP contribution < -0.4 is 14.8 Å². The van der Waals surface area contributed by atoms with E-state index in [0.717, 1.165) is 28.1 Å². The Kier molecular flexibility index (Phi) is 7.82. The molecule has 5 rings (SSSR count). The van der Waals surface area contributed by atoms with E-state index >= 15 is 0 Å². The zero-order chi connectivity index (χ0) is 27.4. The minimum atomic E-state index is -0.578. The fourth-order valence-electron chi connectivity index (χ4n) is 5.62. The summed E-state index contributed by atoms with van der Waals surface area (Å²) in [6.45, 7) is 2.12. The zero-order valence-electron chi connectivity index (χ0n) is 22.5. The third-order valence-corrected chi connectivity index (χ3v) is 7.55. The third-order valence-electron chi connectivity index (χ3n) is 7.55. The molecule has 39 heavy (non-hydrogen) atoms. The van der Waals surface area contributed by atoms with Crippen LogP contribution in [0.15, 0.2) is 101 Å². The highest BCUT2D eigenvalue weighted by atomic mass is 16.5. The molecule has 0 fully saturated rings. The van der Waals surface area contributed by atoms with Crippen LogP contribution in [0, 0.1) is 0 Å². The Morgan fingerprint density at radius 2 is 1.62 bits per heavy atom. The molecular formula is C33H33NO5. The van der Waals surface area contributed by atoms with Gasteiger partial charge in [-0.1, -0.05) is 60.7 Å². The molecule has 1 heterocycles. The quantitative estimate of drug-likeness (QED) is 0.374. The molecule has 1 aliphatic carbocycles. The maximum atomic E-state index is 13.9. The number of carbonyl (C=O) groups is 2. The molecule has 6 nitrogen and oxygen atoms in total. The third kappa shape index (κ3) is 5.46. The summed E-state index contributed by atoms with van der Waals surface area (Å²) in [4.78, 5) is 27.5. The highest BCUT2D eigenvalue weighted by Gasteiger charge is 2.42. The number of rotatable bonds is 8. The van der Waals surface area contributed by atoms with Crippen LogP contribution in [0.2, 0.25) is 0 Å². The standard InChI is InChI=1S/C33H33NO5/c1-21-30(33(36)39-18-17-22-9-5-4-6-10-22)31(26-11-7-8-12-29(26)38-3)32-27(34-21)19-24(20-28(32)35)23-13-15-25(37-2)16-14-23/h4-16,24,31,34H,17-20H2,1-3H3/t24-,31-/m0/s1. The van der Waals surface area contributed by atoms with E-state index in [2.05, 4.69) is 5.32 Å². The molecule has 0 spiro atoms. The van der Waals surface area contributed by atoms with Gasteiger partial charge in [-0.3, -0.25) is 4.79 Å². The number of benzene rings is 3. The number of dihydropyridines is 1. The van der Waals surface area contributed by atoms with Crippen molar-refractivity contribution in [2.45, 2.75) is 38.0 Å². The van der Waals surface area contributed by atoms with E-state index < -0.39 is 11.9 Å². The lowest BCUT2D eigenvalue weighted by Crippen LogP contribution is -2.36. The fourth-order valence-corrected chi connectivity index (χ4v) is 5.62. The van der Waals surface area contributed by atoms with Crippen LogP contribution in [-0.2, 0) is 20.7 Å². The zero-order valence-corrected chi connectivity index (χ0v) is 22.5. The molecule has 0 amide bonds. The lowest BCUT2D eigenvalue weighted by atomic mass is 9.71. The Labute approximate surface area is 229 Å². The van der Waals surface area contributed by atoms with Crippen molar-refractivity contribution in [2.75, 3.05) is 20.8 Å². The summed E-state index contributed by atoms with van der Waals surface area (Å²) in [6, 6.07) is 25.4. The van der Waals surface area contributed by atoms with Gasteiger partial charge in [-0.05, 0) is 48.6 Å². The fraction of sp³-hybridized carbons (Fsp3) is 0.273. The molecular weight excluding hydrogens is 490 g/mol. The van der Waals surface area contributed by atoms with Gasteiger partial charge in [0.2, 0.25) is 0 Å². The van der Waals surface area contributed by atoms with Gasteiger partial charge in [-0.2, -0.15) is 0 Å². The van der Waals surface area contributed by atoms with Crippen molar-refractivity contribution in [3.05, 3.63) is 118 Å². The topological polar surface area (TPSA) is 73.9 Å². The summed E-state index contributed by atoms with van der Waals surface area (Å²) >= 11 is 0. The first-order valence-corrected chi connectivity index (χ1v) is 13.2. The first-order chi connectivity index (χ1) is 19.0. The molecule has 6 heteroatoms. The summed E-state index contributed by atoms with van der Waals surface area (Å²) in [5, 5.41) is 3.42. The van der Waals surface area contributed by atoms with Crippen LogP contribution in [0.25, 0.3) is 0 Å². The molecule has 0 saturated heterocycles. The number of hydrogen-bond donors (Lipinski definition) is 1. The van der Waals surface area contributed by atoms with E-state index in [9.17, 15) is 9.59 Å². The van der Waals surface area contributed by atoms with E-state index in [1.165, 1.54) is 0 Å². The Morgan fingerprint density at radius 1 is 0.897 bits per heavy atom. The van der Waals surface area contributed by atoms with Gasteiger partial charge in [0.05, 0.1) is 32.3 Å². The number of hydrogen-bond acceptors (Lipinski definition) is 6. The molecule has 2 aliphatic rings. The maximum absolute atomic E-state index is 13.9. The predicted molar refractivity (Wildman–Crippen MR) is 150 cm³/mol. The molecule has 0 aromatic heterocycles. The van der Waals surface area contributed by atoms with Gasteiger partial charge in [-0.25, -0.2) is 4.79 Å². The van der Waals surface area contributed by atoms with Crippen LogP contribution in [0.4, 0.5) is 0 Å². The average molecular weight is 524 g/mol. The van der Waals surface area contributed by atoms with Gasteiger partial charge >= 0.3 is 5.97 Å². The summed E-state index contributed by atoms with van der Waals surface area (Å²) < 4.78 is 16.8. The largest absolute Gasteiger partial charge is 0.497 e. The lowest BCUT2D eigenvalue weighted by Gasteiger charge is -2.37. The molecule has 0 saturated carbocycles. The smallest absolute Gasteiger partial charge is 0.336 e. The van der Waals surface area contributed by atoms with Crippen molar-refractivity contribution in [1.29, 1.82) is 0 Å². The summed E-state index contributed by atoms with van der Waals surface area (Å²) in [5.74, 6) is 0.447. The molecule has 1 N–H and O–H groups in total. The van der Waals surface area contributed by atoms with Crippen molar-refractivity contribution < 1.29 is 23.8 Å². The van der Waals surface area contributed by atoms with Crippen LogP contribution in [0.3, 0.4) is 0 Å². The molecule has 0 radical (unpaired) electrons. The number of carbonyl (C=O) groups excluding carboxylic acids is 2. The highest BCUT2D eigenvalue weighted by Crippen LogP contribution is 2.47. The molecule has 0 bridgehead atoms. The van der Waals surface area contributed by atoms with Gasteiger partial charge in [0.1, 0.15) is 11.5 Å². The Balaban J connectivity index is 1.48. The number of nitrogens with one attached hydrogen (secondary N) is 1. The van der Waals surface area contributed by atoms with Crippen molar-refractivity contribution >= 4 is 11.8 Å². The van der Waals surface area contributed by atoms with E-state index in [-0.39, 0.29) is 18.3 Å². The molecule has 200 valence electrons. The van der Waals surface area contributed by atoms with Gasteiger partial charge in [0.25, 0.3) is 0 Å². The Morgan fingerprint density at radius 3 is 2.33 bits per heavy atom. The second-order valence-electron chi connectivity index (χ2n) is 9.90. The lowest BCUT2D eigenvalue weighted by molar-refractivity contribution is -0.139. The molecule has 0 unspecified atom stereocenters. The normalized spacial score (nSPS) is 18.8. The Bertz CT molecular complexity index is 1420. The minimum Gasteiger partial charge on any atom is -0.497 e. The second-order valence-corrected chi connectivity index (χ2v) is 9.90. The Hall–Kier alpha value is -4.32. The van der Waals surface area contributed by atoms with Gasteiger partial charge < -0.3 is 19.5 Å². The van der Waals surface area contributed by atoms with E-state index in [1.807, 2.05) is 85.8 Å². The van der Waals surface area contributed by atoms with E-state index in [4.69, 9.17) is 14.2 Å². The van der Waals surface area contributed by atoms with Crippen LogP contribution >= 0.6 is 0 Å². The van der Waals surface area contributed by atoms with Crippen LogP contribution in [-0.4, -0.2) is 32.6 Å². The number of methoxy groups -OCH3 is 2. The summed E-state index contributed by atoms with van der Waals surface area (Å²) in [5.41, 5.74) is 5.56. The number of ketones is 1. The first kappa shape index (κ1) is 26.3. The van der Waals surface area contributed by atoms with Gasteiger partial charge in [0.15, 0.2) is 5.78 Å². The minimum absolute atomic E-state index is 0.0163. The number of Topliss-reactive ketones (excluding diaryl/α,β-unsaturated/α-hetero) is 1. The van der Waals surface area contributed by atoms with Crippen molar-refractivity contribution in [3.8, 4) is 11.5 Å². The summed E-state index contributed by atoms with van der Waals surface area (Å²) in [7, 11) is 3.24. The van der Waals surface area contributed by atoms with Gasteiger partial charge in [-0.15, -0.1) is 0 Å². The number of allylic oxidation sites excluding steroid dienone is 3. The highest BCUT2D eigenvalue weighted by molar-refractivity contribution is 6.04. The molecule has 1 aliphatic heterocycles. The van der Waals surface area contributed by atoms with Crippen molar-refractivity contribution in [3.63, 3.8) is 0 Å². The maximum Gasteiger partial charge on any atom is 0.336 e. The van der Waals surface area contributed by atoms with Crippen LogP contribution in [0.1, 0.15) is 48.3 Å². The molecule has 2 atom stereocenters. The number of para-hydroxylation sites is 1. The monoisotopic (exact) mass is 523 g/mol. The molecule has 3 aromatic carbocycles.